The average Bonchev–Trinajstić information content (AvgIpc) is 3.62. The summed E-state index contributed by atoms with van der Waals surface area (Å²) in [5, 5.41) is 10.1. The fraction of sp³-hybridized carbons (Fsp3) is 0.231. The highest BCUT2D eigenvalue weighted by molar-refractivity contribution is 5.88. The predicted molar refractivity (Wildman–Crippen MR) is 125 cm³/mol. The van der Waals surface area contributed by atoms with Crippen LogP contribution in [0.1, 0.15) is 25.7 Å². The van der Waals surface area contributed by atoms with Crippen molar-refractivity contribution < 1.29 is 0 Å². The van der Waals surface area contributed by atoms with Gasteiger partial charge in [-0.3, -0.25) is 9.67 Å². The normalized spacial score (nSPS) is 14.4. The standard InChI is InChI=1S/C26H24N6/c1-2-6-19(5-1)17-31-18-22(16-29-31)23-10-11-25(32-14-4-13-28-32)30-26(23)21-9-8-20-7-3-12-27-24(20)15-21/h3-4,7-16,18-19H,1-2,5-6,17H2. The highest BCUT2D eigenvalue weighted by atomic mass is 15.3. The molecule has 5 aromatic rings. The topological polar surface area (TPSA) is 61.4 Å². The molecule has 32 heavy (non-hydrogen) atoms. The third-order valence-corrected chi connectivity index (χ3v) is 6.36. The van der Waals surface area contributed by atoms with Crippen molar-refractivity contribution in [1.82, 2.24) is 29.5 Å². The van der Waals surface area contributed by atoms with Crippen molar-refractivity contribution in [3.8, 4) is 28.2 Å². The minimum Gasteiger partial charge on any atom is -0.272 e. The molecule has 6 rings (SSSR count). The quantitative estimate of drug-likeness (QED) is 0.375. The van der Waals surface area contributed by atoms with Crippen LogP contribution >= 0.6 is 0 Å². The summed E-state index contributed by atoms with van der Waals surface area (Å²) in [5.74, 6) is 1.53. The van der Waals surface area contributed by atoms with E-state index in [0.717, 1.165) is 51.6 Å². The molecule has 0 aliphatic heterocycles. The van der Waals surface area contributed by atoms with E-state index in [2.05, 4.69) is 56.4 Å². The summed E-state index contributed by atoms with van der Waals surface area (Å²) in [6, 6.07) is 16.4. The number of aromatic nitrogens is 6. The van der Waals surface area contributed by atoms with E-state index in [1.807, 2.05) is 36.8 Å². The van der Waals surface area contributed by atoms with Gasteiger partial charge in [0, 0.05) is 53.4 Å². The van der Waals surface area contributed by atoms with E-state index in [0.29, 0.717) is 0 Å². The first kappa shape index (κ1) is 18.9. The monoisotopic (exact) mass is 420 g/mol. The number of fused-ring (bicyclic) bond motifs is 1. The van der Waals surface area contributed by atoms with Crippen LogP contribution in [0.4, 0.5) is 0 Å². The van der Waals surface area contributed by atoms with Crippen LogP contribution in [0.25, 0.3) is 39.1 Å². The molecule has 4 aromatic heterocycles. The van der Waals surface area contributed by atoms with Crippen LogP contribution in [0.3, 0.4) is 0 Å². The van der Waals surface area contributed by atoms with E-state index in [-0.39, 0.29) is 0 Å². The van der Waals surface area contributed by atoms with Gasteiger partial charge in [0.1, 0.15) is 0 Å². The molecule has 1 saturated carbocycles. The van der Waals surface area contributed by atoms with Gasteiger partial charge in [0.15, 0.2) is 5.82 Å². The first-order valence-corrected chi connectivity index (χ1v) is 11.2. The zero-order valence-electron chi connectivity index (χ0n) is 17.8. The minimum absolute atomic E-state index is 0.745. The summed E-state index contributed by atoms with van der Waals surface area (Å²) in [5.41, 5.74) is 5.04. The molecule has 6 heteroatoms. The number of nitrogens with zero attached hydrogens (tertiary/aromatic N) is 6. The van der Waals surface area contributed by atoms with Crippen LogP contribution in [0.5, 0.6) is 0 Å². The van der Waals surface area contributed by atoms with Crippen LogP contribution in [0.15, 0.2) is 79.5 Å². The number of hydrogen-bond donors (Lipinski definition) is 0. The maximum Gasteiger partial charge on any atom is 0.154 e. The third kappa shape index (κ3) is 3.58. The van der Waals surface area contributed by atoms with Gasteiger partial charge in [-0.2, -0.15) is 10.2 Å². The summed E-state index contributed by atoms with van der Waals surface area (Å²) in [6.07, 6.45) is 14.9. The molecule has 0 atom stereocenters. The Balaban J connectivity index is 1.45. The molecule has 0 N–H and O–H groups in total. The number of rotatable bonds is 5. The Bertz CT molecular complexity index is 1360. The highest BCUT2D eigenvalue weighted by Crippen LogP contribution is 2.33. The molecule has 4 heterocycles. The van der Waals surface area contributed by atoms with Gasteiger partial charge < -0.3 is 0 Å². The molecule has 0 radical (unpaired) electrons. The average molecular weight is 421 g/mol. The Labute approximate surface area is 186 Å². The molecule has 0 unspecified atom stereocenters. The molecule has 158 valence electrons. The van der Waals surface area contributed by atoms with Crippen molar-refractivity contribution in [3.05, 3.63) is 79.5 Å². The van der Waals surface area contributed by atoms with Crippen molar-refractivity contribution in [3.63, 3.8) is 0 Å². The fourth-order valence-corrected chi connectivity index (χ4v) is 4.71. The molecule has 1 fully saturated rings. The number of hydrogen-bond acceptors (Lipinski definition) is 4. The van der Waals surface area contributed by atoms with E-state index in [4.69, 9.17) is 4.98 Å². The summed E-state index contributed by atoms with van der Waals surface area (Å²) in [7, 11) is 0. The van der Waals surface area contributed by atoms with Crippen molar-refractivity contribution in [1.29, 1.82) is 0 Å². The Morgan fingerprint density at radius 3 is 2.72 bits per heavy atom. The van der Waals surface area contributed by atoms with Gasteiger partial charge in [-0.1, -0.05) is 31.0 Å². The van der Waals surface area contributed by atoms with Crippen LogP contribution in [0, 0.1) is 5.92 Å². The number of pyridine rings is 2. The van der Waals surface area contributed by atoms with E-state index in [1.54, 1.807) is 10.9 Å². The van der Waals surface area contributed by atoms with Crippen molar-refractivity contribution in [2.45, 2.75) is 32.2 Å². The molecule has 0 amide bonds. The second-order valence-corrected chi connectivity index (χ2v) is 8.53. The van der Waals surface area contributed by atoms with Crippen LogP contribution in [0.2, 0.25) is 0 Å². The smallest absolute Gasteiger partial charge is 0.154 e. The fourth-order valence-electron chi connectivity index (χ4n) is 4.71. The van der Waals surface area contributed by atoms with Crippen LogP contribution < -0.4 is 0 Å². The van der Waals surface area contributed by atoms with Gasteiger partial charge in [0.2, 0.25) is 0 Å². The maximum absolute atomic E-state index is 5.02. The zero-order valence-corrected chi connectivity index (χ0v) is 17.8. The van der Waals surface area contributed by atoms with E-state index in [1.165, 1.54) is 25.7 Å². The first-order valence-electron chi connectivity index (χ1n) is 11.2. The van der Waals surface area contributed by atoms with Crippen LogP contribution in [-0.4, -0.2) is 29.5 Å². The molecule has 1 aliphatic rings. The van der Waals surface area contributed by atoms with E-state index >= 15 is 0 Å². The Kier molecular flexibility index (Phi) is 4.75. The lowest BCUT2D eigenvalue weighted by Crippen LogP contribution is -2.07. The molecule has 0 spiro atoms. The number of benzene rings is 1. The second-order valence-electron chi connectivity index (χ2n) is 8.53. The minimum atomic E-state index is 0.745. The maximum atomic E-state index is 5.02. The lowest BCUT2D eigenvalue weighted by atomic mass is 10.0. The Hall–Kier alpha value is -3.80. The lowest BCUT2D eigenvalue weighted by Gasteiger charge is -2.11. The van der Waals surface area contributed by atoms with Gasteiger partial charge in [-0.25, -0.2) is 9.67 Å². The lowest BCUT2D eigenvalue weighted by molar-refractivity contribution is 0.429. The van der Waals surface area contributed by atoms with Gasteiger partial charge in [0.25, 0.3) is 0 Å². The molecular weight excluding hydrogens is 396 g/mol. The SMILES string of the molecule is c1cnc2cc(-c3nc(-n4cccn4)ccc3-c3cnn(CC4CCCC4)c3)ccc2c1. The molecule has 6 nitrogen and oxygen atoms in total. The van der Waals surface area contributed by atoms with Crippen molar-refractivity contribution >= 4 is 10.9 Å². The van der Waals surface area contributed by atoms with E-state index in [9.17, 15) is 0 Å². The van der Waals surface area contributed by atoms with Crippen molar-refractivity contribution in [2.75, 3.05) is 0 Å². The van der Waals surface area contributed by atoms with Gasteiger partial charge in [0.05, 0.1) is 17.4 Å². The first-order chi connectivity index (χ1) is 15.8. The summed E-state index contributed by atoms with van der Waals surface area (Å²) in [4.78, 5) is 9.56. The second kappa shape index (κ2) is 8.04. The van der Waals surface area contributed by atoms with Gasteiger partial charge in [-0.15, -0.1) is 0 Å². The predicted octanol–water partition coefficient (Wildman–Crippen LogP) is 5.54. The molecular formula is C26H24N6. The largest absolute Gasteiger partial charge is 0.272 e. The summed E-state index contributed by atoms with van der Waals surface area (Å²) in [6.45, 7) is 0.994. The third-order valence-electron chi connectivity index (χ3n) is 6.36. The van der Waals surface area contributed by atoms with Gasteiger partial charge >= 0.3 is 0 Å². The molecule has 1 aromatic carbocycles. The van der Waals surface area contributed by atoms with Gasteiger partial charge in [-0.05, 0) is 49.1 Å². The molecule has 0 saturated heterocycles. The summed E-state index contributed by atoms with van der Waals surface area (Å²) < 4.78 is 3.88. The Morgan fingerprint density at radius 2 is 1.84 bits per heavy atom. The molecule has 1 aliphatic carbocycles. The van der Waals surface area contributed by atoms with E-state index < -0.39 is 0 Å². The highest BCUT2D eigenvalue weighted by Gasteiger charge is 2.18. The molecule has 0 bridgehead atoms. The summed E-state index contributed by atoms with van der Waals surface area (Å²) >= 11 is 0. The zero-order chi connectivity index (χ0) is 21.3. The van der Waals surface area contributed by atoms with Crippen LogP contribution in [-0.2, 0) is 6.54 Å². The van der Waals surface area contributed by atoms with Crippen molar-refractivity contribution in [2.24, 2.45) is 5.92 Å². The Morgan fingerprint density at radius 1 is 0.906 bits per heavy atom.